The number of hydrogen-bond donors (Lipinski definition) is 0. The molecule has 0 saturated heterocycles. The maximum atomic E-state index is 2.45. The number of rotatable bonds is 6. The van der Waals surface area contributed by atoms with Gasteiger partial charge in [0.15, 0.2) is 0 Å². The standard InChI is InChI=1S/C46H38N2/c1-4-16-33(17-5-1)38-26-14-18-34-19-15-27-42(46(34)38)40-25-11-12-28-43(40)47(35-20-6-2-7-21-35)37-30-31-41-39-24-10-13-29-44(39)48(45(41)32-37)36-22-8-3-9-23-36/h2-3,6-15,18-33H,1,4-5,16-17H2. The number of nitrogens with zero attached hydrogens (tertiary/aromatic N) is 2. The van der Waals surface area contributed by atoms with E-state index >= 15 is 0 Å². The maximum absolute atomic E-state index is 2.45. The van der Waals surface area contributed by atoms with Gasteiger partial charge in [0.2, 0.25) is 0 Å². The summed E-state index contributed by atoms with van der Waals surface area (Å²) in [5, 5.41) is 5.25. The summed E-state index contributed by atoms with van der Waals surface area (Å²) in [5.41, 5.74) is 11.1. The molecule has 9 rings (SSSR count). The Morgan fingerprint density at radius 3 is 1.98 bits per heavy atom. The number of para-hydroxylation sites is 4. The molecule has 0 bridgehead atoms. The molecule has 0 amide bonds. The van der Waals surface area contributed by atoms with Crippen LogP contribution in [-0.2, 0) is 0 Å². The molecule has 1 aromatic heterocycles. The van der Waals surface area contributed by atoms with Crippen LogP contribution in [-0.4, -0.2) is 4.57 Å². The van der Waals surface area contributed by atoms with Crippen molar-refractivity contribution in [2.45, 2.75) is 38.0 Å². The van der Waals surface area contributed by atoms with E-state index in [1.165, 1.54) is 92.7 Å². The van der Waals surface area contributed by atoms with E-state index in [1.54, 1.807) is 0 Å². The molecule has 48 heavy (non-hydrogen) atoms. The number of anilines is 3. The topological polar surface area (TPSA) is 8.17 Å². The summed E-state index contributed by atoms with van der Waals surface area (Å²) < 4.78 is 2.41. The predicted molar refractivity (Wildman–Crippen MR) is 204 cm³/mol. The van der Waals surface area contributed by atoms with Crippen LogP contribution in [0.1, 0.15) is 43.6 Å². The molecule has 2 nitrogen and oxygen atoms in total. The summed E-state index contributed by atoms with van der Waals surface area (Å²) in [7, 11) is 0. The molecule has 1 aliphatic rings. The fourth-order valence-corrected chi connectivity index (χ4v) is 8.20. The van der Waals surface area contributed by atoms with E-state index < -0.39 is 0 Å². The predicted octanol–water partition coefficient (Wildman–Crippen LogP) is 13.1. The molecule has 7 aromatic carbocycles. The molecule has 0 aliphatic heterocycles. The number of fused-ring (bicyclic) bond motifs is 4. The highest BCUT2D eigenvalue weighted by Gasteiger charge is 2.23. The van der Waals surface area contributed by atoms with Gasteiger partial charge < -0.3 is 9.47 Å². The van der Waals surface area contributed by atoms with Crippen LogP contribution in [0.3, 0.4) is 0 Å². The first-order chi connectivity index (χ1) is 23.8. The molecule has 0 atom stereocenters. The quantitative estimate of drug-likeness (QED) is 0.180. The van der Waals surface area contributed by atoms with Gasteiger partial charge in [0.25, 0.3) is 0 Å². The van der Waals surface area contributed by atoms with Crippen molar-refractivity contribution in [3.8, 4) is 16.8 Å². The molecule has 0 spiro atoms. The third-order valence-corrected chi connectivity index (χ3v) is 10.4. The fourth-order valence-electron chi connectivity index (χ4n) is 8.20. The minimum Gasteiger partial charge on any atom is -0.310 e. The van der Waals surface area contributed by atoms with Gasteiger partial charge >= 0.3 is 0 Å². The van der Waals surface area contributed by atoms with Crippen LogP contribution >= 0.6 is 0 Å². The zero-order chi connectivity index (χ0) is 31.9. The third-order valence-electron chi connectivity index (χ3n) is 10.4. The summed E-state index contributed by atoms with van der Waals surface area (Å²) in [6.45, 7) is 0. The summed E-state index contributed by atoms with van der Waals surface area (Å²) in [5.74, 6) is 0.614. The minimum absolute atomic E-state index is 0.614. The van der Waals surface area contributed by atoms with Crippen LogP contribution in [0.4, 0.5) is 17.1 Å². The average molecular weight is 619 g/mol. The first-order valence-corrected chi connectivity index (χ1v) is 17.4. The largest absolute Gasteiger partial charge is 0.310 e. The second kappa shape index (κ2) is 12.2. The van der Waals surface area contributed by atoms with Gasteiger partial charge in [-0.1, -0.05) is 135 Å². The van der Waals surface area contributed by atoms with Gasteiger partial charge in [-0.15, -0.1) is 0 Å². The second-order valence-corrected chi connectivity index (χ2v) is 13.2. The van der Waals surface area contributed by atoms with Gasteiger partial charge in [0.1, 0.15) is 0 Å². The van der Waals surface area contributed by atoms with Crippen LogP contribution in [0.25, 0.3) is 49.4 Å². The molecular formula is C46H38N2. The van der Waals surface area contributed by atoms with E-state index in [0.29, 0.717) is 5.92 Å². The molecule has 1 heterocycles. The summed E-state index contributed by atoms with van der Waals surface area (Å²) >= 11 is 0. The number of benzene rings is 7. The Kier molecular flexibility index (Phi) is 7.28. The van der Waals surface area contributed by atoms with Gasteiger partial charge in [-0.25, -0.2) is 0 Å². The average Bonchev–Trinajstić information content (AvgIpc) is 3.49. The van der Waals surface area contributed by atoms with E-state index in [-0.39, 0.29) is 0 Å². The second-order valence-electron chi connectivity index (χ2n) is 13.2. The van der Waals surface area contributed by atoms with Crippen LogP contribution in [0.5, 0.6) is 0 Å². The Morgan fingerprint density at radius 1 is 0.479 bits per heavy atom. The van der Waals surface area contributed by atoms with Gasteiger partial charge in [-0.2, -0.15) is 0 Å². The lowest BCUT2D eigenvalue weighted by molar-refractivity contribution is 0.445. The van der Waals surface area contributed by atoms with E-state index in [2.05, 4.69) is 173 Å². The van der Waals surface area contributed by atoms with Gasteiger partial charge in [-0.3, -0.25) is 0 Å². The summed E-state index contributed by atoms with van der Waals surface area (Å²) in [6.07, 6.45) is 6.56. The zero-order valence-electron chi connectivity index (χ0n) is 27.1. The van der Waals surface area contributed by atoms with Crippen LogP contribution in [0.2, 0.25) is 0 Å². The first-order valence-electron chi connectivity index (χ1n) is 17.4. The molecule has 0 N–H and O–H groups in total. The van der Waals surface area contributed by atoms with Crippen molar-refractivity contribution in [3.05, 3.63) is 169 Å². The lowest BCUT2D eigenvalue weighted by Crippen LogP contribution is -2.11. The first kappa shape index (κ1) is 28.6. The summed E-state index contributed by atoms with van der Waals surface area (Å²) in [4.78, 5) is 2.45. The third kappa shape index (κ3) is 4.88. The Morgan fingerprint density at radius 2 is 1.15 bits per heavy atom. The SMILES string of the molecule is c1ccc(N(c2ccc3c4ccccc4n(-c4ccccc4)c3c2)c2ccccc2-c2cccc3cccc(C4CCCCC4)c23)cc1. The van der Waals surface area contributed by atoms with Crippen LogP contribution in [0, 0.1) is 0 Å². The normalized spacial score (nSPS) is 13.8. The van der Waals surface area contributed by atoms with Crippen molar-refractivity contribution in [3.63, 3.8) is 0 Å². The van der Waals surface area contributed by atoms with Crippen molar-refractivity contribution in [1.29, 1.82) is 0 Å². The highest BCUT2D eigenvalue weighted by atomic mass is 15.1. The molecule has 1 fully saturated rings. The smallest absolute Gasteiger partial charge is 0.0561 e. The Hall–Kier alpha value is -5.60. The van der Waals surface area contributed by atoms with Gasteiger partial charge in [0, 0.05) is 33.4 Å². The van der Waals surface area contributed by atoms with Crippen molar-refractivity contribution >= 4 is 49.6 Å². The number of aromatic nitrogens is 1. The van der Waals surface area contributed by atoms with E-state index in [1.807, 2.05) is 0 Å². The van der Waals surface area contributed by atoms with E-state index in [9.17, 15) is 0 Å². The van der Waals surface area contributed by atoms with Gasteiger partial charge in [0.05, 0.1) is 16.7 Å². The molecule has 1 saturated carbocycles. The highest BCUT2D eigenvalue weighted by Crippen LogP contribution is 2.46. The lowest BCUT2D eigenvalue weighted by atomic mass is 9.80. The number of hydrogen-bond acceptors (Lipinski definition) is 1. The van der Waals surface area contributed by atoms with E-state index in [0.717, 1.165) is 11.4 Å². The summed E-state index contributed by atoms with van der Waals surface area (Å²) in [6, 6.07) is 60.1. The molecule has 2 heteroatoms. The minimum atomic E-state index is 0.614. The van der Waals surface area contributed by atoms with Crippen molar-refractivity contribution in [1.82, 2.24) is 4.57 Å². The van der Waals surface area contributed by atoms with Crippen molar-refractivity contribution < 1.29 is 0 Å². The Labute approximate surface area is 282 Å². The molecule has 0 unspecified atom stereocenters. The maximum Gasteiger partial charge on any atom is 0.0561 e. The molecule has 1 aliphatic carbocycles. The Bertz CT molecular complexity index is 2370. The van der Waals surface area contributed by atoms with Crippen molar-refractivity contribution in [2.24, 2.45) is 0 Å². The highest BCUT2D eigenvalue weighted by molar-refractivity contribution is 6.11. The molecule has 8 aromatic rings. The molecular weight excluding hydrogens is 581 g/mol. The fraction of sp³-hybridized carbons (Fsp3) is 0.130. The molecule has 232 valence electrons. The van der Waals surface area contributed by atoms with Crippen LogP contribution < -0.4 is 4.90 Å². The Balaban J connectivity index is 1.29. The lowest BCUT2D eigenvalue weighted by Gasteiger charge is -2.29. The van der Waals surface area contributed by atoms with Crippen LogP contribution in [0.15, 0.2) is 164 Å². The zero-order valence-corrected chi connectivity index (χ0v) is 27.1. The van der Waals surface area contributed by atoms with E-state index in [4.69, 9.17) is 0 Å². The van der Waals surface area contributed by atoms with Gasteiger partial charge in [-0.05, 0) is 89.2 Å². The monoisotopic (exact) mass is 618 g/mol. The molecule has 0 radical (unpaired) electrons. The van der Waals surface area contributed by atoms with Crippen molar-refractivity contribution in [2.75, 3.05) is 4.90 Å².